The summed E-state index contributed by atoms with van der Waals surface area (Å²) in [7, 11) is 0. The molecule has 0 radical (unpaired) electrons. The van der Waals surface area contributed by atoms with Crippen molar-refractivity contribution in [3.8, 4) is 5.75 Å². The molecule has 2 aromatic rings. The van der Waals surface area contributed by atoms with E-state index in [1.54, 1.807) is 0 Å². The average molecular weight is 383 g/mol. The van der Waals surface area contributed by atoms with E-state index in [1.165, 1.54) is 12.0 Å². The van der Waals surface area contributed by atoms with E-state index in [-0.39, 0.29) is 5.41 Å². The quantitative estimate of drug-likeness (QED) is 0.610. The van der Waals surface area contributed by atoms with Crippen molar-refractivity contribution in [1.29, 1.82) is 0 Å². The zero-order valence-corrected chi connectivity index (χ0v) is 17.6. The van der Waals surface area contributed by atoms with Crippen LogP contribution in [0, 0.1) is 0 Å². The van der Waals surface area contributed by atoms with E-state index in [2.05, 4.69) is 64.8 Å². The number of hydrogen-bond acceptors (Lipinski definition) is 5. The summed E-state index contributed by atoms with van der Waals surface area (Å²) < 4.78 is 5.93. The van der Waals surface area contributed by atoms with Gasteiger partial charge in [-0.2, -0.15) is 0 Å². The lowest BCUT2D eigenvalue weighted by molar-refractivity contribution is 0.238. The van der Waals surface area contributed by atoms with E-state index in [1.807, 2.05) is 18.5 Å². The minimum absolute atomic E-state index is 0.231. The van der Waals surface area contributed by atoms with Gasteiger partial charge in [-0.25, -0.2) is 9.97 Å². The van der Waals surface area contributed by atoms with Crippen LogP contribution in [0.25, 0.3) is 0 Å². The maximum absolute atomic E-state index is 5.93. The second-order valence-electron chi connectivity index (χ2n) is 8.19. The lowest BCUT2D eigenvalue weighted by Gasteiger charge is -2.34. The van der Waals surface area contributed by atoms with Crippen LogP contribution in [0.4, 0.5) is 5.95 Å². The van der Waals surface area contributed by atoms with Crippen LogP contribution in [0.1, 0.15) is 45.6 Å². The second-order valence-corrected chi connectivity index (χ2v) is 8.19. The Morgan fingerprint density at radius 2 is 1.64 bits per heavy atom. The molecule has 1 fully saturated rings. The summed E-state index contributed by atoms with van der Waals surface area (Å²) in [5.74, 6) is 1.83. The summed E-state index contributed by atoms with van der Waals surface area (Å²) in [6.45, 7) is 12.9. The van der Waals surface area contributed by atoms with Crippen molar-refractivity contribution >= 4 is 5.95 Å². The lowest BCUT2D eigenvalue weighted by atomic mass is 9.82. The Hall–Kier alpha value is -2.14. The topological polar surface area (TPSA) is 41.5 Å². The number of unbranched alkanes of at least 4 members (excludes halogenated alkanes) is 1. The fourth-order valence-electron chi connectivity index (χ4n) is 3.46. The molecule has 0 N–H and O–H groups in total. The molecular formula is C23H34N4O. The van der Waals surface area contributed by atoms with Crippen LogP contribution < -0.4 is 9.64 Å². The van der Waals surface area contributed by atoms with Crippen LogP contribution in [0.2, 0.25) is 0 Å². The molecule has 1 saturated heterocycles. The molecule has 0 atom stereocenters. The number of nitrogens with zero attached hydrogens (tertiary/aromatic N) is 4. The zero-order valence-electron chi connectivity index (χ0n) is 17.6. The van der Waals surface area contributed by atoms with Gasteiger partial charge in [0, 0.05) is 38.6 Å². The zero-order chi connectivity index (χ0) is 19.8. The standard InChI is InChI=1S/C23H34N4O/c1-4-23(2,3)20-8-10-21(11-9-20)28-19-6-5-14-26-15-17-27(18-16-26)22-24-12-7-13-25-22/h7-13H,4-6,14-19H2,1-3H3. The van der Waals surface area contributed by atoms with Gasteiger partial charge in [0.1, 0.15) is 5.75 Å². The highest BCUT2D eigenvalue weighted by atomic mass is 16.5. The predicted octanol–water partition coefficient (Wildman–Crippen LogP) is 4.15. The first-order valence-corrected chi connectivity index (χ1v) is 10.6. The van der Waals surface area contributed by atoms with Gasteiger partial charge in [-0.1, -0.05) is 32.9 Å². The molecule has 0 saturated carbocycles. The van der Waals surface area contributed by atoms with Gasteiger partial charge in [-0.15, -0.1) is 0 Å². The highest BCUT2D eigenvalue weighted by Crippen LogP contribution is 2.28. The Kier molecular flexibility index (Phi) is 7.26. The highest BCUT2D eigenvalue weighted by molar-refractivity contribution is 5.31. The smallest absolute Gasteiger partial charge is 0.225 e. The summed E-state index contributed by atoms with van der Waals surface area (Å²) >= 11 is 0. The number of hydrogen-bond donors (Lipinski definition) is 0. The molecular weight excluding hydrogens is 348 g/mol. The van der Waals surface area contributed by atoms with Gasteiger partial charge in [0.05, 0.1) is 6.61 Å². The Balaban J connectivity index is 1.30. The molecule has 0 aliphatic carbocycles. The minimum Gasteiger partial charge on any atom is -0.494 e. The van der Waals surface area contributed by atoms with E-state index in [0.717, 1.165) is 63.9 Å². The van der Waals surface area contributed by atoms with E-state index >= 15 is 0 Å². The summed E-state index contributed by atoms with van der Waals surface area (Å²) in [5, 5.41) is 0. The van der Waals surface area contributed by atoms with Gasteiger partial charge in [0.15, 0.2) is 0 Å². The Labute approximate surface area is 169 Å². The molecule has 5 heteroatoms. The lowest BCUT2D eigenvalue weighted by Crippen LogP contribution is -2.47. The molecule has 0 bridgehead atoms. The van der Waals surface area contributed by atoms with Gasteiger partial charge < -0.3 is 9.64 Å². The molecule has 1 aliphatic rings. The highest BCUT2D eigenvalue weighted by Gasteiger charge is 2.18. The van der Waals surface area contributed by atoms with Gasteiger partial charge >= 0.3 is 0 Å². The van der Waals surface area contributed by atoms with Crippen LogP contribution in [-0.4, -0.2) is 54.2 Å². The molecule has 0 unspecified atom stereocenters. The van der Waals surface area contributed by atoms with Crippen molar-refractivity contribution in [3.63, 3.8) is 0 Å². The largest absolute Gasteiger partial charge is 0.494 e. The minimum atomic E-state index is 0.231. The van der Waals surface area contributed by atoms with Crippen LogP contribution in [-0.2, 0) is 5.41 Å². The van der Waals surface area contributed by atoms with Crippen molar-refractivity contribution in [1.82, 2.24) is 14.9 Å². The van der Waals surface area contributed by atoms with Crippen LogP contribution >= 0.6 is 0 Å². The van der Waals surface area contributed by atoms with Crippen molar-refractivity contribution in [2.24, 2.45) is 0 Å². The summed E-state index contributed by atoms with van der Waals surface area (Å²) in [5.41, 5.74) is 1.61. The van der Waals surface area contributed by atoms with E-state index in [9.17, 15) is 0 Å². The van der Waals surface area contributed by atoms with Crippen LogP contribution in [0.5, 0.6) is 5.75 Å². The predicted molar refractivity (Wildman–Crippen MR) is 115 cm³/mol. The van der Waals surface area contributed by atoms with Gasteiger partial charge in [-0.05, 0) is 55.0 Å². The summed E-state index contributed by atoms with van der Waals surface area (Å²) in [4.78, 5) is 13.5. The third kappa shape index (κ3) is 5.68. The third-order valence-electron chi connectivity index (χ3n) is 5.86. The monoisotopic (exact) mass is 382 g/mol. The van der Waals surface area contributed by atoms with Gasteiger partial charge in [0.2, 0.25) is 5.95 Å². The van der Waals surface area contributed by atoms with E-state index in [0.29, 0.717) is 0 Å². The number of aromatic nitrogens is 2. The van der Waals surface area contributed by atoms with Gasteiger partial charge in [0.25, 0.3) is 0 Å². The number of anilines is 1. The van der Waals surface area contributed by atoms with Gasteiger partial charge in [-0.3, -0.25) is 4.90 Å². The molecule has 0 spiro atoms. The molecule has 28 heavy (non-hydrogen) atoms. The maximum atomic E-state index is 5.93. The first-order chi connectivity index (χ1) is 13.6. The SMILES string of the molecule is CCC(C)(C)c1ccc(OCCCCN2CCN(c3ncccn3)CC2)cc1. The fourth-order valence-corrected chi connectivity index (χ4v) is 3.46. The Bertz CT molecular complexity index is 694. The van der Waals surface area contributed by atoms with Crippen molar-refractivity contribution in [2.75, 3.05) is 44.2 Å². The number of rotatable bonds is 9. The number of piperazine rings is 1. The molecule has 0 amide bonds. The number of benzene rings is 1. The normalized spacial score (nSPS) is 15.6. The number of ether oxygens (including phenoxy) is 1. The molecule has 1 aromatic carbocycles. The Morgan fingerprint density at radius 3 is 2.29 bits per heavy atom. The molecule has 1 aromatic heterocycles. The van der Waals surface area contributed by atoms with E-state index in [4.69, 9.17) is 4.74 Å². The average Bonchev–Trinajstić information content (AvgIpc) is 2.75. The van der Waals surface area contributed by atoms with Crippen molar-refractivity contribution < 1.29 is 4.74 Å². The molecule has 5 nitrogen and oxygen atoms in total. The van der Waals surface area contributed by atoms with Crippen molar-refractivity contribution in [2.45, 2.75) is 45.4 Å². The van der Waals surface area contributed by atoms with E-state index < -0.39 is 0 Å². The van der Waals surface area contributed by atoms with Crippen LogP contribution in [0.3, 0.4) is 0 Å². The fraction of sp³-hybridized carbons (Fsp3) is 0.565. The Morgan fingerprint density at radius 1 is 0.964 bits per heavy atom. The van der Waals surface area contributed by atoms with Crippen molar-refractivity contribution in [3.05, 3.63) is 48.3 Å². The first-order valence-electron chi connectivity index (χ1n) is 10.6. The second kappa shape index (κ2) is 9.87. The molecule has 152 valence electrons. The maximum Gasteiger partial charge on any atom is 0.225 e. The first kappa shape index (κ1) is 20.6. The summed E-state index contributed by atoms with van der Waals surface area (Å²) in [6, 6.07) is 10.5. The molecule has 2 heterocycles. The third-order valence-corrected chi connectivity index (χ3v) is 5.86. The molecule has 3 rings (SSSR count). The van der Waals surface area contributed by atoms with Crippen LogP contribution in [0.15, 0.2) is 42.7 Å². The summed E-state index contributed by atoms with van der Waals surface area (Å²) in [6.07, 6.45) is 7.02. The molecule has 1 aliphatic heterocycles.